The maximum atomic E-state index is 6.67. The summed E-state index contributed by atoms with van der Waals surface area (Å²) in [6.45, 7) is 4.58. The minimum Gasteiger partial charge on any atom is -0.321 e. The Hall–Kier alpha value is -0.560. The number of allylic oxidation sites excluding steroid dienone is 2. The molecule has 0 aliphatic heterocycles. The lowest BCUT2D eigenvalue weighted by Gasteiger charge is -2.46. The Labute approximate surface area is 93.4 Å². The summed E-state index contributed by atoms with van der Waals surface area (Å²) >= 11 is 0. The Kier molecular flexibility index (Phi) is 3.01. The zero-order chi connectivity index (χ0) is 10.9. The van der Waals surface area contributed by atoms with Gasteiger partial charge in [-0.1, -0.05) is 38.5 Å². The molecule has 0 saturated heterocycles. The summed E-state index contributed by atoms with van der Waals surface area (Å²) in [4.78, 5) is 0. The lowest BCUT2D eigenvalue weighted by atomic mass is 9.63. The molecule has 15 heavy (non-hydrogen) atoms. The third-order valence-electron chi connectivity index (χ3n) is 4.17. The summed E-state index contributed by atoms with van der Waals surface area (Å²) in [5.41, 5.74) is 8.06. The highest BCUT2D eigenvalue weighted by atomic mass is 14.8. The molecule has 84 valence electrons. The monoisotopic (exact) mass is 205 g/mol. The molecule has 0 saturated carbocycles. The van der Waals surface area contributed by atoms with Gasteiger partial charge in [-0.25, -0.2) is 0 Å². The first kappa shape index (κ1) is 10.9. The molecule has 2 aliphatic rings. The average Bonchev–Trinajstić information content (AvgIpc) is 2.23. The van der Waals surface area contributed by atoms with Crippen LogP contribution in [0.25, 0.3) is 0 Å². The van der Waals surface area contributed by atoms with Crippen molar-refractivity contribution in [3.8, 4) is 0 Å². The van der Waals surface area contributed by atoms with Crippen molar-refractivity contribution in [1.29, 1.82) is 0 Å². The van der Waals surface area contributed by atoms with E-state index >= 15 is 0 Å². The first-order valence-corrected chi connectivity index (χ1v) is 6.36. The number of hydrogen-bond acceptors (Lipinski definition) is 1. The third kappa shape index (κ3) is 1.78. The molecular formula is C14H23N. The summed E-state index contributed by atoms with van der Waals surface area (Å²) in [6, 6.07) is 0. The molecule has 0 aromatic heterocycles. The first-order chi connectivity index (χ1) is 7.18. The zero-order valence-electron chi connectivity index (χ0n) is 10.00. The normalized spacial score (nSPS) is 39.8. The Balaban J connectivity index is 2.33. The van der Waals surface area contributed by atoms with Gasteiger partial charge in [0.25, 0.3) is 0 Å². The molecule has 0 fully saturated rings. The summed E-state index contributed by atoms with van der Waals surface area (Å²) in [7, 11) is 0. The van der Waals surface area contributed by atoms with Gasteiger partial charge in [-0.3, -0.25) is 0 Å². The van der Waals surface area contributed by atoms with E-state index in [0.29, 0.717) is 11.8 Å². The molecule has 1 nitrogen and oxygen atoms in total. The largest absolute Gasteiger partial charge is 0.321 e. The predicted molar refractivity (Wildman–Crippen MR) is 65.6 cm³/mol. The molecular weight excluding hydrogens is 182 g/mol. The predicted octanol–water partition coefficient (Wildman–Crippen LogP) is 3.42. The van der Waals surface area contributed by atoms with E-state index in [-0.39, 0.29) is 5.54 Å². The van der Waals surface area contributed by atoms with E-state index < -0.39 is 0 Å². The van der Waals surface area contributed by atoms with Crippen LogP contribution in [0, 0.1) is 11.8 Å². The molecule has 3 atom stereocenters. The molecule has 1 heteroatoms. The highest BCUT2D eigenvalue weighted by molar-refractivity contribution is 5.37. The Bertz CT molecular complexity index is 290. The molecule has 0 aromatic rings. The fourth-order valence-electron chi connectivity index (χ4n) is 3.30. The molecule has 0 aromatic carbocycles. The van der Waals surface area contributed by atoms with Crippen LogP contribution in [0.5, 0.6) is 0 Å². The molecule has 0 radical (unpaired) electrons. The minimum absolute atomic E-state index is 0.0115. The van der Waals surface area contributed by atoms with E-state index in [2.05, 4.69) is 32.1 Å². The van der Waals surface area contributed by atoms with Crippen LogP contribution in [0.1, 0.15) is 46.0 Å². The van der Waals surface area contributed by atoms with Gasteiger partial charge in [0.2, 0.25) is 0 Å². The topological polar surface area (TPSA) is 26.0 Å². The van der Waals surface area contributed by atoms with Crippen molar-refractivity contribution in [2.75, 3.05) is 0 Å². The third-order valence-corrected chi connectivity index (χ3v) is 4.17. The van der Waals surface area contributed by atoms with Crippen LogP contribution in [0.2, 0.25) is 0 Å². The van der Waals surface area contributed by atoms with Gasteiger partial charge < -0.3 is 5.73 Å². The van der Waals surface area contributed by atoms with E-state index in [1.807, 2.05) is 0 Å². The van der Waals surface area contributed by atoms with Gasteiger partial charge in [0.05, 0.1) is 0 Å². The van der Waals surface area contributed by atoms with Crippen LogP contribution in [0.3, 0.4) is 0 Å². The van der Waals surface area contributed by atoms with Gasteiger partial charge in [0, 0.05) is 5.54 Å². The number of hydrogen-bond donors (Lipinski definition) is 1. The molecule has 0 spiro atoms. The van der Waals surface area contributed by atoms with Crippen molar-refractivity contribution in [1.82, 2.24) is 0 Å². The molecule has 0 unspecified atom stereocenters. The molecule has 2 N–H and O–H groups in total. The summed E-state index contributed by atoms with van der Waals surface area (Å²) in [5.74, 6) is 1.30. The van der Waals surface area contributed by atoms with Gasteiger partial charge >= 0.3 is 0 Å². The van der Waals surface area contributed by atoms with E-state index in [1.54, 1.807) is 0 Å². The molecule has 0 heterocycles. The molecule has 2 aliphatic carbocycles. The van der Waals surface area contributed by atoms with Crippen molar-refractivity contribution in [2.24, 2.45) is 17.6 Å². The number of fused-ring (bicyclic) bond motifs is 1. The lowest BCUT2D eigenvalue weighted by molar-refractivity contribution is 0.214. The van der Waals surface area contributed by atoms with Gasteiger partial charge in [-0.15, -0.1) is 0 Å². The Morgan fingerprint density at radius 3 is 3.07 bits per heavy atom. The Morgan fingerprint density at radius 1 is 1.53 bits per heavy atom. The summed E-state index contributed by atoms with van der Waals surface area (Å²) in [6.07, 6.45) is 13.1. The second-order valence-electron chi connectivity index (χ2n) is 5.21. The van der Waals surface area contributed by atoms with Gasteiger partial charge in [0.1, 0.15) is 0 Å². The van der Waals surface area contributed by atoms with Crippen LogP contribution in [-0.4, -0.2) is 5.54 Å². The lowest BCUT2D eigenvalue weighted by Crippen LogP contribution is -2.53. The number of nitrogens with two attached hydrogens (primary N) is 1. The summed E-state index contributed by atoms with van der Waals surface area (Å²) < 4.78 is 0. The van der Waals surface area contributed by atoms with Crippen molar-refractivity contribution < 1.29 is 0 Å². The smallest absolute Gasteiger partial charge is 0.0440 e. The summed E-state index contributed by atoms with van der Waals surface area (Å²) in [5, 5.41) is 0. The maximum Gasteiger partial charge on any atom is 0.0440 e. The highest BCUT2D eigenvalue weighted by Crippen LogP contribution is 2.43. The van der Waals surface area contributed by atoms with E-state index in [9.17, 15) is 0 Å². The molecule has 0 amide bonds. The van der Waals surface area contributed by atoms with Crippen LogP contribution in [-0.2, 0) is 0 Å². The van der Waals surface area contributed by atoms with E-state index in [0.717, 1.165) is 0 Å². The van der Waals surface area contributed by atoms with Crippen LogP contribution < -0.4 is 5.73 Å². The van der Waals surface area contributed by atoms with Crippen molar-refractivity contribution in [2.45, 2.75) is 51.5 Å². The van der Waals surface area contributed by atoms with Crippen molar-refractivity contribution in [3.63, 3.8) is 0 Å². The minimum atomic E-state index is -0.0115. The SMILES string of the molecule is CCC[C@H]1[C@@H](C)C=CC2=CCCC[C@@]21N. The Morgan fingerprint density at radius 2 is 2.33 bits per heavy atom. The molecule has 2 rings (SSSR count). The zero-order valence-corrected chi connectivity index (χ0v) is 10.00. The number of rotatable bonds is 2. The first-order valence-electron chi connectivity index (χ1n) is 6.36. The quantitative estimate of drug-likeness (QED) is 0.734. The van der Waals surface area contributed by atoms with Gasteiger partial charge in [-0.05, 0) is 43.1 Å². The maximum absolute atomic E-state index is 6.67. The van der Waals surface area contributed by atoms with Gasteiger partial charge in [0.15, 0.2) is 0 Å². The van der Waals surface area contributed by atoms with Gasteiger partial charge in [-0.2, -0.15) is 0 Å². The second kappa shape index (κ2) is 4.13. The molecule has 0 bridgehead atoms. The second-order valence-corrected chi connectivity index (χ2v) is 5.21. The van der Waals surface area contributed by atoms with Crippen LogP contribution in [0.15, 0.2) is 23.8 Å². The van der Waals surface area contributed by atoms with E-state index in [4.69, 9.17) is 5.73 Å². The highest BCUT2D eigenvalue weighted by Gasteiger charge is 2.42. The average molecular weight is 205 g/mol. The standard InChI is InChI=1S/C14H23N/c1-3-6-13-11(2)8-9-12-7-4-5-10-14(12,13)15/h7-9,11,13H,3-6,10,15H2,1-2H3/t11-,13-,14+/m0/s1. The van der Waals surface area contributed by atoms with E-state index in [1.165, 1.54) is 37.7 Å². The van der Waals surface area contributed by atoms with Crippen molar-refractivity contribution in [3.05, 3.63) is 23.8 Å². The fraction of sp³-hybridized carbons (Fsp3) is 0.714. The van der Waals surface area contributed by atoms with Crippen LogP contribution >= 0.6 is 0 Å². The van der Waals surface area contributed by atoms with Crippen molar-refractivity contribution >= 4 is 0 Å². The van der Waals surface area contributed by atoms with Crippen LogP contribution in [0.4, 0.5) is 0 Å². The fourth-order valence-corrected chi connectivity index (χ4v) is 3.30.